The SMILES string of the molecule is CCOc1cc(C2/C(=C(\O)c3ccc(OC)cc3)C(=O)C(=O)N2CCCOC)ccc1OCCC(C)C. The molecule has 37 heavy (non-hydrogen) atoms. The lowest BCUT2D eigenvalue weighted by Crippen LogP contribution is -2.31. The summed E-state index contributed by atoms with van der Waals surface area (Å²) >= 11 is 0. The van der Waals surface area contributed by atoms with Gasteiger partial charge in [0.2, 0.25) is 0 Å². The summed E-state index contributed by atoms with van der Waals surface area (Å²) in [7, 11) is 3.13. The highest BCUT2D eigenvalue weighted by molar-refractivity contribution is 6.46. The molecule has 0 radical (unpaired) electrons. The van der Waals surface area contributed by atoms with Crippen molar-refractivity contribution in [2.45, 2.75) is 39.7 Å². The Hall–Kier alpha value is -3.52. The second kappa shape index (κ2) is 13.1. The maximum Gasteiger partial charge on any atom is 0.295 e. The molecule has 0 bridgehead atoms. The fourth-order valence-electron chi connectivity index (χ4n) is 4.23. The summed E-state index contributed by atoms with van der Waals surface area (Å²) < 4.78 is 22.2. The molecular formula is C29H37NO7. The van der Waals surface area contributed by atoms with E-state index in [1.807, 2.05) is 13.0 Å². The van der Waals surface area contributed by atoms with Gasteiger partial charge < -0.3 is 29.0 Å². The molecule has 0 saturated carbocycles. The van der Waals surface area contributed by atoms with Gasteiger partial charge in [0.1, 0.15) is 11.5 Å². The first-order chi connectivity index (χ1) is 17.8. The minimum Gasteiger partial charge on any atom is -0.507 e. The Bertz CT molecular complexity index is 1110. The van der Waals surface area contributed by atoms with E-state index in [1.54, 1.807) is 50.6 Å². The number of methoxy groups -OCH3 is 2. The highest BCUT2D eigenvalue weighted by atomic mass is 16.5. The number of benzene rings is 2. The zero-order chi connectivity index (χ0) is 26.9. The number of aliphatic hydroxyl groups is 1. The van der Waals surface area contributed by atoms with Crippen LogP contribution in [-0.4, -0.2) is 62.3 Å². The normalized spacial score (nSPS) is 16.9. The third-order valence-corrected chi connectivity index (χ3v) is 6.19. The smallest absolute Gasteiger partial charge is 0.295 e. The number of hydrogen-bond acceptors (Lipinski definition) is 7. The molecule has 2 aromatic carbocycles. The van der Waals surface area contributed by atoms with Crippen LogP contribution >= 0.6 is 0 Å². The summed E-state index contributed by atoms with van der Waals surface area (Å²) in [5.41, 5.74) is 1.09. The Morgan fingerprint density at radius 1 is 1.00 bits per heavy atom. The Labute approximate surface area is 218 Å². The average Bonchev–Trinajstić information content (AvgIpc) is 3.14. The Kier molecular flexibility index (Phi) is 9.97. The van der Waals surface area contributed by atoms with E-state index in [0.717, 1.165) is 6.42 Å². The number of likely N-dealkylation sites (tertiary alicyclic amines) is 1. The van der Waals surface area contributed by atoms with E-state index in [2.05, 4.69) is 13.8 Å². The van der Waals surface area contributed by atoms with Crippen molar-refractivity contribution in [1.29, 1.82) is 0 Å². The van der Waals surface area contributed by atoms with Crippen molar-refractivity contribution in [2.24, 2.45) is 5.92 Å². The van der Waals surface area contributed by atoms with Crippen LogP contribution in [0.2, 0.25) is 0 Å². The van der Waals surface area contributed by atoms with Gasteiger partial charge in [0.25, 0.3) is 11.7 Å². The lowest BCUT2D eigenvalue weighted by Gasteiger charge is -2.26. The first-order valence-corrected chi connectivity index (χ1v) is 12.6. The monoisotopic (exact) mass is 511 g/mol. The van der Waals surface area contributed by atoms with Gasteiger partial charge in [-0.1, -0.05) is 19.9 Å². The van der Waals surface area contributed by atoms with Gasteiger partial charge >= 0.3 is 0 Å². The molecule has 1 saturated heterocycles. The van der Waals surface area contributed by atoms with E-state index in [4.69, 9.17) is 18.9 Å². The Morgan fingerprint density at radius 3 is 2.35 bits per heavy atom. The van der Waals surface area contributed by atoms with Crippen molar-refractivity contribution in [3.63, 3.8) is 0 Å². The fourth-order valence-corrected chi connectivity index (χ4v) is 4.23. The van der Waals surface area contributed by atoms with E-state index in [-0.39, 0.29) is 11.3 Å². The number of hydrogen-bond donors (Lipinski definition) is 1. The molecule has 0 aliphatic carbocycles. The Morgan fingerprint density at radius 2 is 1.73 bits per heavy atom. The van der Waals surface area contributed by atoms with Gasteiger partial charge in [-0.15, -0.1) is 0 Å². The van der Waals surface area contributed by atoms with Gasteiger partial charge in [-0.25, -0.2) is 0 Å². The lowest BCUT2D eigenvalue weighted by atomic mass is 9.95. The van der Waals surface area contributed by atoms with Crippen LogP contribution in [0.3, 0.4) is 0 Å². The zero-order valence-electron chi connectivity index (χ0n) is 22.3. The molecule has 3 rings (SSSR count). The van der Waals surface area contributed by atoms with Crippen LogP contribution in [0.25, 0.3) is 5.76 Å². The molecule has 2 aromatic rings. The van der Waals surface area contributed by atoms with E-state index < -0.39 is 17.7 Å². The summed E-state index contributed by atoms with van der Waals surface area (Å²) in [6, 6.07) is 11.3. The number of carbonyl (C=O) groups excluding carboxylic acids is 2. The first kappa shape index (κ1) is 28.1. The van der Waals surface area contributed by atoms with Gasteiger partial charge in [-0.05, 0) is 67.6 Å². The van der Waals surface area contributed by atoms with Crippen LogP contribution in [-0.2, 0) is 14.3 Å². The summed E-state index contributed by atoms with van der Waals surface area (Å²) in [5, 5.41) is 11.2. The number of ether oxygens (including phenoxy) is 4. The molecule has 1 aliphatic rings. The number of Topliss-reactive ketones (excluding diaryl/α,β-unsaturated/α-hetero) is 1. The second-order valence-electron chi connectivity index (χ2n) is 9.24. The van der Waals surface area contributed by atoms with Gasteiger partial charge in [0.05, 0.1) is 31.9 Å². The van der Waals surface area contributed by atoms with Crippen molar-refractivity contribution in [1.82, 2.24) is 4.90 Å². The number of aliphatic hydroxyl groups excluding tert-OH is 1. The summed E-state index contributed by atoms with van der Waals surface area (Å²) in [6.45, 7) is 7.83. The zero-order valence-corrected chi connectivity index (χ0v) is 22.3. The van der Waals surface area contributed by atoms with Crippen LogP contribution in [0.15, 0.2) is 48.0 Å². The second-order valence-corrected chi connectivity index (χ2v) is 9.24. The summed E-state index contributed by atoms with van der Waals surface area (Å²) in [6.07, 6.45) is 1.44. The van der Waals surface area contributed by atoms with Gasteiger partial charge in [-0.3, -0.25) is 9.59 Å². The molecule has 1 atom stereocenters. The van der Waals surface area contributed by atoms with Crippen LogP contribution in [0.1, 0.15) is 50.8 Å². The summed E-state index contributed by atoms with van der Waals surface area (Å²) in [5.74, 6) is 0.600. The minimum atomic E-state index is -0.789. The van der Waals surface area contributed by atoms with Crippen LogP contribution in [0, 0.1) is 5.92 Å². The van der Waals surface area contributed by atoms with Gasteiger partial charge in [0.15, 0.2) is 11.5 Å². The maximum absolute atomic E-state index is 13.2. The van der Waals surface area contributed by atoms with Crippen molar-refractivity contribution < 1.29 is 33.6 Å². The molecule has 1 fully saturated rings. The lowest BCUT2D eigenvalue weighted by molar-refractivity contribution is -0.140. The van der Waals surface area contributed by atoms with Gasteiger partial charge in [0, 0.05) is 25.8 Å². The van der Waals surface area contributed by atoms with Crippen LogP contribution < -0.4 is 14.2 Å². The van der Waals surface area contributed by atoms with Crippen molar-refractivity contribution >= 4 is 17.4 Å². The number of rotatable bonds is 13. The van der Waals surface area contributed by atoms with Gasteiger partial charge in [-0.2, -0.15) is 0 Å². The van der Waals surface area contributed by atoms with Crippen LogP contribution in [0.4, 0.5) is 0 Å². The number of amides is 1. The topological polar surface area (TPSA) is 94.5 Å². The molecule has 8 heteroatoms. The molecule has 8 nitrogen and oxygen atoms in total. The van der Waals surface area contributed by atoms with Crippen molar-refractivity contribution in [2.75, 3.05) is 40.6 Å². The molecule has 200 valence electrons. The molecular weight excluding hydrogens is 474 g/mol. The van der Waals surface area contributed by atoms with E-state index >= 15 is 0 Å². The van der Waals surface area contributed by atoms with E-state index in [1.165, 1.54) is 4.90 Å². The third kappa shape index (κ3) is 6.63. The van der Waals surface area contributed by atoms with Crippen molar-refractivity contribution in [3.8, 4) is 17.2 Å². The first-order valence-electron chi connectivity index (χ1n) is 12.6. The number of nitrogens with zero attached hydrogens (tertiary/aromatic N) is 1. The Balaban J connectivity index is 2.08. The maximum atomic E-state index is 13.2. The van der Waals surface area contributed by atoms with E-state index in [0.29, 0.717) is 67.1 Å². The van der Waals surface area contributed by atoms with E-state index in [9.17, 15) is 14.7 Å². The third-order valence-electron chi connectivity index (χ3n) is 6.19. The summed E-state index contributed by atoms with van der Waals surface area (Å²) in [4.78, 5) is 27.8. The minimum absolute atomic E-state index is 0.0310. The average molecular weight is 512 g/mol. The number of ketones is 1. The van der Waals surface area contributed by atoms with Crippen LogP contribution in [0.5, 0.6) is 17.2 Å². The molecule has 1 unspecified atom stereocenters. The predicted octanol–water partition coefficient (Wildman–Crippen LogP) is 4.98. The fraction of sp³-hybridized carbons (Fsp3) is 0.448. The largest absolute Gasteiger partial charge is 0.507 e. The highest BCUT2D eigenvalue weighted by Crippen LogP contribution is 2.42. The molecule has 1 heterocycles. The number of carbonyl (C=O) groups is 2. The predicted molar refractivity (Wildman–Crippen MR) is 141 cm³/mol. The van der Waals surface area contributed by atoms with Crippen molar-refractivity contribution in [3.05, 3.63) is 59.2 Å². The standard InChI is InChI=1S/C29H37NO7/c1-6-36-24-18-21(10-13-23(24)37-17-14-19(2)3)26-25(27(31)20-8-11-22(35-5)12-9-20)28(32)29(33)30(26)15-7-16-34-4/h8-13,18-19,26,31H,6-7,14-17H2,1-5H3/b27-25+. The molecule has 0 aromatic heterocycles. The highest BCUT2D eigenvalue weighted by Gasteiger charge is 2.46. The quantitative estimate of drug-likeness (QED) is 0.175. The molecule has 0 spiro atoms. The molecule has 1 N–H and O–H groups in total. The molecule has 1 aliphatic heterocycles. The molecule has 1 amide bonds.